The van der Waals surface area contributed by atoms with Gasteiger partial charge < -0.3 is 9.73 Å². The molecule has 1 amide bonds. The zero-order valence-electron chi connectivity index (χ0n) is 14.9. The SMILES string of the molecule is O=C1NC(=S)SC1=Cc1cc2cncc(-c3cc(C(F)(F)F)cc(C(F)(F)F)c3)c2o1. The Labute approximate surface area is 179 Å². The first-order chi connectivity index (χ1) is 14.4. The summed E-state index contributed by atoms with van der Waals surface area (Å²) < 4.78 is 85.1. The van der Waals surface area contributed by atoms with Crippen molar-refractivity contribution in [2.75, 3.05) is 0 Å². The summed E-state index contributed by atoms with van der Waals surface area (Å²) in [4.78, 5) is 15.9. The van der Waals surface area contributed by atoms with Crippen molar-refractivity contribution in [1.82, 2.24) is 10.3 Å². The predicted molar refractivity (Wildman–Crippen MR) is 106 cm³/mol. The number of rotatable bonds is 2. The molecule has 0 aliphatic carbocycles. The molecule has 4 nitrogen and oxygen atoms in total. The van der Waals surface area contributed by atoms with Crippen LogP contribution < -0.4 is 5.32 Å². The van der Waals surface area contributed by atoms with Crippen LogP contribution in [0.4, 0.5) is 26.3 Å². The van der Waals surface area contributed by atoms with E-state index in [-0.39, 0.29) is 37.8 Å². The second-order valence-corrected chi connectivity index (χ2v) is 8.12. The molecular formula is C19H8F6N2O2S2. The summed E-state index contributed by atoms with van der Waals surface area (Å²) in [6.45, 7) is 0. The van der Waals surface area contributed by atoms with E-state index >= 15 is 0 Å². The lowest BCUT2D eigenvalue weighted by Gasteiger charge is -2.14. The number of halogens is 6. The number of thioether (sulfide) groups is 1. The summed E-state index contributed by atoms with van der Waals surface area (Å²) in [5.41, 5.74) is -3.28. The molecule has 160 valence electrons. The number of hydrogen-bond acceptors (Lipinski definition) is 5. The number of furan rings is 1. The molecule has 0 atom stereocenters. The molecule has 0 radical (unpaired) electrons. The van der Waals surface area contributed by atoms with Gasteiger partial charge in [-0.05, 0) is 29.8 Å². The maximum atomic E-state index is 13.2. The molecule has 4 rings (SSSR count). The Morgan fingerprint density at radius 2 is 1.65 bits per heavy atom. The molecule has 0 unspecified atom stereocenters. The van der Waals surface area contributed by atoms with Crippen LogP contribution in [0, 0.1) is 0 Å². The molecule has 1 saturated heterocycles. The van der Waals surface area contributed by atoms with Crippen LogP contribution in [0.3, 0.4) is 0 Å². The Morgan fingerprint density at radius 3 is 2.19 bits per heavy atom. The zero-order chi connectivity index (χ0) is 22.6. The van der Waals surface area contributed by atoms with Crippen LogP contribution in [0.1, 0.15) is 16.9 Å². The smallest absolute Gasteiger partial charge is 0.416 e. The lowest BCUT2D eigenvalue weighted by Crippen LogP contribution is -2.17. The van der Waals surface area contributed by atoms with Gasteiger partial charge in [0.2, 0.25) is 0 Å². The fourth-order valence-electron chi connectivity index (χ4n) is 2.92. The molecule has 0 spiro atoms. The molecule has 1 aliphatic heterocycles. The molecule has 1 aromatic carbocycles. The van der Waals surface area contributed by atoms with Gasteiger partial charge in [0, 0.05) is 29.4 Å². The number of hydrogen-bond donors (Lipinski definition) is 1. The van der Waals surface area contributed by atoms with Crippen LogP contribution in [-0.2, 0) is 17.1 Å². The molecule has 3 aromatic rings. The van der Waals surface area contributed by atoms with Gasteiger partial charge in [0.15, 0.2) is 0 Å². The number of carbonyl (C=O) groups is 1. The van der Waals surface area contributed by atoms with Gasteiger partial charge in [0.25, 0.3) is 5.91 Å². The van der Waals surface area contributed by atoms with Crippen molar-refractivity contribution >= 4 is 51.3 Å². The zero-order valence-corrected chi connectivity index (χ0v) is 16.5. The molecule has 1 N–H and O–H groups in total. The summed E-state index contributed by atoms with van der Waals surface area (Å²) in [6.07, 6.45) is -6.14. The molecule has 0 bridgehead atoms. The van der Waals surface area contributed by atoms with Gasteiger partial charge >= 0.3 is 12.4 Å². The van der Waals surface area contributed by atoms with Gasteiger partial charge in [-0.1, -0.05) is 24.0 Å². The quantitative estimate of drug-likeness (QED) is 0.280. The molecule has 2 aromatic heterocycles. The molecule has 0 saturated carbocycles. The third-order valence-electron chi connectivity index (χ3n) is 4.26. The minimum absolute atomic E-state index is 0.0280. The van der Waals surface area contributed by atoms with Crippen molar-refractivity contribution in [3.05, 3.63) is 58.5 Å². The lowest BCUT2D eigenvalue weighted by atomic mass is 9.99. The van der Waals surface area contributed by atoms with Crippen LogP contribution in [0.2, 0.25) is 0 Å². The molecule has 1 fully saturated rings. The number of carbonyl (C=O) groups excluding carboxylic acids is 1. The van der Waals surface area contributed by atoms with E-state index in [4.69, 9.17) is 16.6 Å². The maximum absolute atomic E-state index is 13.2. The molecule has 12 heteroatoms. The van der Waals surface area contributed by atoms with E-state index in [0.29, 0.717) is 17.5 Å². The Bertz CT molecular complexity index is 1230. The van der Waals surface area contributed by atoms with Gasteiger partial charge in [-0.15, -0.1) is 0 Å². The summed E-state index contributed by atoms with van der Waals surface area (Å²) in [7, 11) is 0. The number of benzene rings is 1. The summed E-state index contributed by atoms with van der Waals surface area (Å²) in [6, 6.07) is 2.72. The van der Waals surface area contributed by atoms with Crippen LogP contribution in [-0.4, -0.2) is 15.2 Å². The molecule has 3 heterocycles. The highest BCUT2D eigenvalue weighted by molar-refractivity contribution is 8.26. The number of aromatic nitrogens is 1. The van der Waals surface area contributed by atoms with Gasteiger partial charge in [0.05, 0.1) is 16.0 Å². The van der Waals surface area contributed by atoms with Crippen LogP contribution in [0.15, 0.2) is 46.0 Å². The highest BCUT2D eigenvalue weighted by Gasteiger charge is 2.37. The highest BCUT2D eigenvalue weighted by atomic mass is 32.2. The van der Waals surface area contributed by atoms with Crippen molar-refractivity contribution in [2.45, 2.75) is 12.4 Å². The van der Waals surface area contributed by atoms with E-state index < -0.39 is 29.4 Å². The second-order valence-electron chi connectivity index (χ2n) is 6.40. The Morgan fingerprint density at radius 1 is 1.00 bits per heavy atom. The molecule has 1 aliphatic rings. The van der Waals surface area contributed by atoms with Crippen molar-refractivity contribution in [3.8, 4) is 11.1 Å². The first-order valence-corrected chi connectivity index (χ1v) is 9.56. The number of alkyl halides is 6. The summed E-state index contributed by atoms with van der Waals surface area (Å²) in [5, 5.41) is 2.75. The Kier molecular flexibility index (Phi) is 5.09. The van der Waals surface area contributed by atoms with E-state index in [9.17, 15) is 31.1 Å². The summed E-state index contributed by atoms with van der Waals surface area (Å²) >= 11 is 5.88. The maximum Gasteiger partial charge on any atom is 0.416 e. The van der Waals surface area contributed by atoms with Crippen molar-refractivity contribution < 1.29 is 35.6 Å². The van der Waals surface area contributed by atoms with Gasteiger partial charge in [-0.2, -0.15) is 26.3 Å². The van der Waals surface area contributed by atoms with Crippen molar-refractivity contribution in [3.63, 3.8) is 0 Å². The normalized spacial score (nSPS) is 16.4. The van der Waals surface area contributed by atoms with Crippen LogP contribution >= 0.6 is 24.0 Å². The predicted octanol–water partition coefficient (Wildman–Crippen LogP) is 6.02. The number of amides is 1. The second kappa shape index (κ2) is 7.38. The van der Waals surface area contributed by atoms with Crippen LogP contribution in [0.5, 0.6) is 0 Å². The average Bonchev–Trinajstić information content (AvgIpc) is 3.21. The van der Waals surface area contributed by atoms with Crippen LogP contribution in [0.25, 0.3) is 28.2 Å². The minimum Gasteiger partial charge on any atom is -0.456 e. The van der Waals surface area contributed by atoms with E-state index in [0.717, 1.165) is 18.0 Å². The number of pyridine rings is 1. The fourth-order valence-corrected chi connectivity index (χ4v) is 3.94. The largest absolute Gasteiger partial charge is 0.456 e. The fraction of sp³-hybridized carbons (Fsp3) is 0.105. The Hall–Kier alpha value is -2.86. The topological polar surface area (TPSA) is 55.1 Å². The average molecular weight is 474 g/mol. The first kappa shape index (κ1) is 21.4. The van der Waals surface area contributed by atoms with Crippen molar-refractivity contribution in [1.29, 1.82) is 0 Å². The molecule has 31 heavy (non-hydrogen) atoms. The first-order valence-electron chi connectivity index (χ1n) is 8.34. The van der Waals surface area contributed by atoms with E-state index in [1.165, 1.54) is 18.3 Å². The third kappa shape index (κ3) is 4.30. The monoisotopic (exact) mass is 474 g/mol. The summed E-state index contributed by atoms with van der Waals surface area (Å²) in [5.74, 6) is -0.281. The Balaban J connectivity index is 1.87. The lowest BCUT2D eigenvalue weighted by molar-refractivity contribution is -0.143. The number of thiocarbonyl (C=S) groups is 1. The van der Waals surface area contributed by atoms with E-state index in [1.807, 2.05) is 0 Å². The van der Waals surface area contributed by atoms with Gasteiger partial charge in [-0.25, -0.2) is 0 Å². The van der Waals surface area contributed by atoms with E-state index in [1.54, 1.807) is 0 Å². The van der Waals surface area contributed by atoms with Crippen molar-refractivity contribution in [2.24, 2.45) is 0 Å². The molecular weight excluding hydrogens is 466 g/mol. The number of fused-ring (bicyclic) bond motifs is 1. The van der Waals surface area contributed by atoms with Gasteiger partial charge in [-0.3, -0.25) is 9.78 Å². The number of nitrogens with zero attached hydrogens (tertiary/aromatic N) is 1. The third-order valence-corrected chi connectivity index (χ3v) is 5.42. The highest BCUT2D eigenvalue weighted by Crippen LogP contribution is 2.40. The minimum atomic E-state index is -4.98. The number of nitrogens with one attached hydrogen (secondary N) is 1. The standard InChI is InChI=1S/C19H8F6N2O2S2/c20-18(21,22)10-1-8(2-11(4-10)19(23,24)25)13-7-26-6-9-3-12(29-15(9)13)5-14-16(28)27-17(30)31-14/h1-7H,(H,27,28,30). The van der Waals surface area contributed by atoms with Gasteiger partial charge in [0.1, 0.15) is 15.7 Å². The van der Waals surface area contributed by atoms with E-state index in [2.05, 4.69) is 10.3 Å².